The number of unbranched alkanes of at least 4 members (excludes halogenated alkanes) is 1. The van der Waals surface area contributed by atoms with Crippen molar-refractivity contribution in [2.75, 3.05) is 26.7 Å². The summed E-state index contributed by atoms with van der Waals surface area (Å²) >= 11 is 0. The molecule has 3 N–H and O–H groups in total. The van der Waals surface area contributed by atoms with Gasteiger partial charge < -0.3 is 16.0 Å². The van der Waals surface area contributed by atoms with Crippen LogP contribution in [0.4, 0.5) is 0 Å². The molecule has 0 aliphatic carbocycles. The highest BCUT2D eigenvalue weighted by Crippen LogP contribution is 2.18. The van der Waals surface area contributed by atoms with E-state index in [2.05, 4.69) is 16.3 Å². The van der Waals surface area contributed by atoms with Gasteiger partial charge in [0.05, 0.1) is 6.07 Å². The lowest BCUT2D eigenvalue weighted by Crippen LogP contribution is -2.39. The van der Waals surface area contributed by atoms with E-state index in [1.165, 1.54) is 0 Å². The summed E-state index contributed by atoms with van der Waals surface area (Å²) in [5, 5.41) is 12.1. The maximum Gasteiger partial charge on any atom is 0.220 e. The molecule has 0 aromatic heterocycles. The Morgan fingerprint density at radius 2 is 2.11 bits per heavy atom. The van der Waals surface area contributed by atoms with Gasteiger partial charge >= 0.3 is 0 Å². The Labute approximate surface area is 116 Å². The molecule has 0 saturated carbocycles. The van der Waals surface area contributed by atoms with Crippen molar-refractivity contribution in [2.24, 2.45) is 11.7 Å². The standard InChI is InChI=1S/C14H26N4O/c1-14(11-15,17-2)7-3-4-8-18-9-5-12(6-10-18)13(16)19/h12,17H,3-10H2,1-2H3,(H2,16,19). The second-order valence-corrected chi connectivity index (χ2v) is 5.67. The first kappa shape index (κ1) is 15.9. The van der Waals surface area contributed by atoms with Crippen molar-refractivity contribution in [2.45, 2.75) is 44.6 Å². The fourth-order valence-electron chi connectivity index (χ4n) is 2.49. The third-order valence-electron chi connectivity index (χ3n) is 4.19. The maximum atomic E-state index is 11.1. The van der Waals surface area contributed by atoms with E-state index in [9.17, 15) is 4.79 Å². The van der Waals surface area contributed by atoms with Gasteiger partial charge in [-0.25, -0.2) is 0 Å². The molecule has 1 heterocycles. The maximum absolute atomic E-state index is 11.1. The van der Waals surface area contributed by atoms with Gasteiger partial charge in [-0.05, 0) is 65.7 Å². The SMILES string of the molecule is CNC(C)(C#N)CCCCN1CCC(C(N)=O)CC1. The minimum atomic E-state index is -0.404. The molecule has 1 aliphatic rings. The zero-order valence-corrected chi connectivity index (χ0v) is 12.1. The lowest BCUT2D eigenvalue weighted by atomic mass is 9.95. The van der Waals surface area contributed by atoms with Gasteiger partial charge in [-0.3, -0.25) is 4.79 Å². The van der Waals surface area contributed by atoms with E-state index < -0.39 is 5.54 Å². The number of nitrogens with one attached hydrogen (secondary N) is 1. The minimum absolute atomic E-state index is 0.0717. The molecular weight excluding hydrogens is 240 g/mol. The highest BCUT2D eigenvalue weighted by atomic mass is 16.1. The molecule has 1 atom stereocenters. The largest absolute Gasteiger partial charge is 0.369 e. The normalized spacial score (nSPS) is 20.7. The number of hydrogen-bond acceptors (Lipinski definition) is 4. The topological polar surface area (TPSA) is 82.2 Å². The predicted molar refractivity (Wildman–Crippen MR) is 75.3 cm³/mol. The third kappa shape index (κ3) is 5.17. The Kier molecular flexibility index (Phi) is 6.26. The van der Waals surface area contributed by atoms with Crippen LogP contribution in [0.15, 0.2) is 0 Å². The highest BCUT2D eigenvalue weighted by molar-refractivity contribution is 5.76. The lowest BCUT2D eigenvalue weighted by molar-refractivity contribution is -0.123. The van der Waals surface area contributed by atoms with Crippen LogP contribution in [-0.2, 0) is 4.79 Å². The summed E-state index contributed by atoms with van der Waals surface area (Å²) in [6.07, 6.45) is 4.79. The average molecular weight is 266 g/mol. The Morgan fingerprint density at radius 3 is 2.58 bits per heavy atom. The summed E-state index contributed by atoms with van der Waals surface area (Å²) in [5.41, 5.74) is 4.91. The van der Waals surface area contributed by atoms with Crippen LogP contribution in [0.1, 0.15) is 39.0 Å². The van der Waals surface area contributed by atoms with Gasteiger partial charge in [-0.15, -0.1) is 0 Å². The summed E-state index contributed by atoms with van der Waals surface area (Å²) in [5.74, 6) is -0.0825. The molecule has 5 heteroatoms. The monoisotopic (exact) mass is 266 g/mol. The fraction of sp³-hybridized carbons (Fsp3) is 0.857. The van der Waals surface area contributed by atoms with Gasteiger partial charge in [0.1, 0.15) is 5.54 Å². The molecule has 5 nitrogen and oxygen atoms in total. The van der Waals surface area contributed by atoms with Crippen molar-refractivity contribution < 1.29 is 4.79 Å². The number of likely N-dealkylation sites (tertiary alicyclic amines) is 1. The van der Waals surface area contributed by atoms with Crippen molar-refractivity contribution in [3.05, 3.63) is 0 Å². The van der Waals surface area contributed by atoms with Gasteiger partial charge in [0.25, 0.3) is 0 Å². The minimum Gasteiger partial charge on any atom is -0.369 e. The number of carbonyl (C=O) groups is 1. The van der Waals surface area contributed by atoms with Crippen molar-refractivity contribution in [3.63, 3.8) is 0 Å². The van der Waals surface area contributed by atoms with E-state index in [-0.39, 0.29) is 11.8 Å². The molecule has 0 bridgehead atoms. The van der Waals surface area contributed by atoms with Gasteiger partial charge in [-0.1, -0.05) is 0 Å². The summed E-state index contributed by atoms with van der Waals surface area (Å²) in [6.45, 7) is 4.92. The molecule has 1 fully saturated rings. The second kappa shape index (κ2) is 7.46. The fourth-order valence-corrected chi connectivity index (χ4v) is 2.49. The number of piperidine rings is 1. The van der Waals surface area contributed by atoms with Crippen LogP contribution in [0.2, 0.25) is 0 Å². The van der Waals surface area contributed by atoms with Gasteiger partial charge in [-0.2, -0.15) is 5.26 Å². The molecule has 0 aromatic carbocycles. The van der Waals surface area contributed by atoms with Crippen LogP contribution >= 0.6 is 0 Å². The van der Waals surface area contributed by atoms with E-state index in [4.69, 9.17) is 11.0 Å². The Balaban J connectivity index is 2.15. The third-order valence-corrected chi connectivity index (χ3v) is 4.19. The number of nitriles is 1. The quantitative estimate of drug-likeness (QED) is 0.669. The van der Waals surface area contributed by atoms with Gasteiger partial charge in [0.2, 0.25) is 5.91 Å². The van der Waals surface area contributed by atoms with Crippen molar-refractivity contribution >= 4 is 5.91 Å². The Bertz CT molecular complexity index is 331. The first-order valence-corrected chi connectivity index (χ1v) is 7.12. The molecule has 0 spiro atoms. The van der Waals surface area contributed by atoms with Gasteiger partial charge in [0.15, 0.2) is 0 Å². The zero-order chi connectivity index (χ0) is 14.3. The molecule has 1 aliphatic heterocycles. The molecule has 1 amide bonds. The number of nitrogens with zero attached hydrogens (tertiary/aromatic N) is 2. The number of carbonyl (C=O) groups excluding carboxylic acids is 1. The molecule has 1 saturated heterocycles. The lowest BCUT2D eigenvalue weighted by Gasteiger charge is -2.30. The van der Waals surface area contributed by atoms with Crippen LogP contribution in [0.5, 0.6) is 0 Å². The second-order valence-electron chi connectivity index (χ2n) is 5.67. The summed E-state index contributed by atoms with van der Waals surface area (Å²) in [7, 11) is 1.83. The zero-order valence-electron chi connectivity index (χ0n) is 12.1. The van der Waals surface area contributed by atoms with Crippen LogP contribution < -0.4 is 11.1 Å². The number of hydrogen-bond donors (Lipinski definition) is 2. The number of nitrogens with two attached hydrogens (primary N) is 1. The Morgan fingerprint density at radius 1 is 1.47 bits per heavy atom. The molecule has 19 heavy (non-hydrogen) atoms. The van der Waals surface area contributed by atoms with Gasteiger partial charge in [0, 0.05) is 5.92 Å². The first-order chi connectivity index (χ1) is 9.00. The molecule has 1 rings (SSSR count). The first-order valence-electron chi connectivity index (χ1n) is 7.12. The van der Waals surface area contributed by atoms with Crippen LogP contribution in [-0.4, -0.2) is 43.0 Å². The van der Waals surface area contributed by atoms with E-state index in [0.29, 0.717) is 0 Å². The van der Waals surface area contributed by atoms with Crippen LogP contribution in [0.3, 0.4) is 0 Å². The van der Waals surface area contributed by atoms with Crippen LogP contribution in [0, 0.1) is 17.2 Å². The van der Waals surface area contributed by atoms with E-state index >= 15 is 0 Å². The summed E-state index contributed by atoms with van der Waals surface area (Å²) in [6, 6.07) is 2.31. The molecular formula is C14H26N4O. The van der Waals surface area contributed by atoms with Crippen LogP contribution in [0.25, 0.3) is 0 Å². The van der Waals surface area contributed by atoms with E-state index in [1.54, 1.807) is 0 Å². The molecule has 0 radical (unpaired) electrons. The van der Waals surface area contributed by atoms with Crippen molar-refractivity contribution in [3.8, 4) is 6.07 Å². The number of amides is 1. The summed E-state index contributed by atoms with van der Waals surface area (Å²) < 4.78 is 0. The van der Waals surface area contributed by atoms with E-state index in [0.717, 1.165) is 51.7 Å². The number of rotatable bonds is 7. The number of primary amides is 1. The molecule has 1 unspecified atom stereocenters. The average Bonchev–Trinajstić information content (AvgIpc) is 2.44. The highest BCUT2D eigenvalue weighted by Gasteiger charge is 2.23. The predicted octanol–water partition coefficient (Wildman–Crippen LogP) is 0.856. The van der Waals surface area contributed by atoms with E-state index in [1.807, 2.05) is 14.0 Å². The van der Waals surface area contributed by atoms with Crippen molar-refractivity contribution in [1.29, 1.82) is 5.26 Å². The Hall–Kier alpha value is -1.12. The summed E-state index contributed by atoms with van der Waals surface area (Å²) in [4.78, 5) is 13.5. The molecule has 0 aromatic rings. The smallest absolute Gasteiger partial charge is 0.220 e. The molecule has 108 valence electrons. The van der Waals surface area contributed by atoms with Crippen molar-refractivity contribution in [1.82, 2.24) is 10.2 Å².